The van der Waals surface area contributed by atoms with Gasteiger partial charge in [-0.15, -0.1) is 0 Å². The number of nitrogens with two attached hydrogens (primary N) is 1. The summed E-state index contributed by atoms with van der Waals surface area (Å²) in [5.74, 6) is 1.08. The molecule has 0 aliphatic rings. The van der Waals surface area contributed by atoms with Crippen molar-refractivity contribution in [1.29, 1.82) is 0 Å². The van der Waals surface area contributed by atoms with Gasteiger partial charge in [-0.25, -0.2) is 0 Å². The Balaban J connectivity index is 2.11. The molecule has 3 aromatic rings. The Morgan fingerprint density at radius 2 is 2.05 bits per heavy atom. The summed E-state index contributed by atoms with van der Waals surface area (Å²) in [4.78, 5) is 8.93. The Labute approximate surface area is 123 Å². The van der Waals surface area contributed by atoms with E-state index in [0.29, 0.717) is 18.3 Å². The zero-order valence-electron chi connectivity index (χ0n) is 12.2. The second-order valence-electron chi connectivity index (χ2n) is 5.42. The van der Waals surface area contributed by atoms with Gasteiger partial charge < -0.3 is 10.3 Å². The molecule has 0 spiro atoms. The van der Waals surface area contributed by atoms with E-state index in [1.807, 2.05) is 37.3 Å². The molecule has 1 aromatic carbocycles. The third-order valence-corrected chi connectivity index (χ3v) is 4.06. The number of fused-ring (bicyclic) bond motifs is 1. The minimum absolute atomic E-state index is 0.296. The van der Waals surface area contributed by atoms with Gasteiger partial charge in [-0.3, -0.25) is 4.98 Å². The van der Waals surface area contributed by atoms with Gasteiger partial charge >= 0.3 is 0 Å². The van der Waals surface area contributed by atoms with E-state index in [1.54, 1.807) is 6.20 Å². The average molecular weight is 282 g/mol. The third kappa shape index (κ3) is 2.29. The van der Waals surface area contributed by atoms with E-state index in [1.165, 1.54) is 0 Å². The van der Waals surface area contributed by atoms with Gasteiger partial charge in [-0.2, -0.15) is 4.98 Å². The zero-order valence-corrected chi connectivity index (χ0v) is 12.2. The molecule has 1 unspecified atom stereocenters. The maximum Gasteiger partial charge on any atom is 0.234 e. The topological polar surface area (TPSA) is 77.8 Å². The average Bonchev–Trinajstić information content (AvgIpc) is 3.04. The summed E-state index contributed by atoms with van der Waals surface area (Å²) < 4.78 is 5.43. The minimum atomic E-state index is -0.296. The summed E-state index contributed by atoms with van der Waals surface area (Å²) in [6.45, 7) is 4.56. The normalized spacial score (nSPS) is 14.2. The molecule has 108 valence electrons. The van der Waals surface area contributed by atoms with Crippen molar-refractivity contribution in [2.24, 2.45) is 5.73 Å². The van der Waals surface area contributed by atoms with Gasteiger partial charge in [0.25, 0.3) is 0 Å². The van der Waals surface area contributed by atoms with Crippen molar-refractivity contribution in [3.8, 4) is 11.5 Å². The molecule has 2 heterocycles. The standard InChI is InChI=1S/C16H18N4O/c1-3-16(2,10-17)15-19-14(20-21-15)13-12-7-5-4-6-11(12)8-9-18-13/h4-9H,3,10,17H2,1-2H3. The van der Waals surface area contributed by atoms with Crippen LogP contribution in [0.1, 0.15) is 26.2 Å². The second-order valence-corrected chi connectivity index (χ2v) is 5.42. The quantitative estimate of drug-likeness (QED) is 0.796. The van der Waals surface area contributed by atoms with Crippen LogP contribution in [0.4, 0.5) is 0 Å². The van der Waals surface area contributed by atoms with Gasteiger partial charge in [0.15, 0.2) is 0 Å². The fourth-order valence-electron chi connectivity index (χ4n) is 2.25. The predicted molar refractivity (Wildman–Crippen MR) is 81.7 cm³/mol. The van der Waals surface area contributed by atoms with Crippen molar-refractivity contribution < 1.29 is 4.52 Å². The maximum absolute atomic E-state index is 5.84. The number of pyridine rings is 1. The summed E-state index contributed by atoms with van der Waals surface area (Å²) >= 11 is 0. The number of aromatic nitrogens is 3. The number of hydrogen-bond donors (Lipinski definition) is 1. The molecule has 0 radical (unpaired) electrons. The number of benzene rings is 1. The lowest BCUT2D eigenvalue weighted by Crippen LogP contribution is -2.31. The highest BCUT2D eigenvalue weighted by Crippen LogP contribution is 2.29. The molecule has 21 heavy (non-hydrogen) atoms. The Bertz CT molecular complexity index is 756. The minimum Gasteiger partial charge on any atom is -0.338 e. The van der Waals surface area contributed by atoms with Crippen LogP contribution in [0.15, 0.2) is 41.1 Å². The molecule has 0 bridgehead atoms. The van der Waals surface area contributed by atoms with Crippen LogP contribution in [0.25, 0.3) is 22.3 Å². The lowest BCUT2D eigenvalue weighted by atomic mass is 9.88. The van der Waals surface area contributed by atoms with Gasteiger partial charge in [0.1, 0.15) is 5.69 Å². The summed E-state index contributed by atoms with van der Waals surface area (Å²) in [7, 11) is 0. The van der Waals surface area contributed by atoms with Crippen molar-refractivity contribution in [3.63, 3.8) is 0 Å². The molecule has 5 nitrogen and oxygen atoms in total. The smallest absolute Gasteiger partial charge is 0.234 e. The summed E-state index contributed by atoms with van der Waals surface area (Å²) in [5, 5.41) is 6.21. The van der Waals surface area contributed by atoms with E-state index in [0.717, 1.165) is 22.9 Å². The Morgan fingerprint density at radius 3 is 2.81 bits per heavy atom. The van der Waals surface area contributed by atoms with Crippen molar-refractivity contribution in [2.45, 2.75) is 25.7 Å². The van der Waals surface area contributed by atoms with Crippen molar-refractivity contribution in [1.82, 2.24) is 15.1 Å². The van der Waals surface area contributed by atoms with Crippen LogP contribution in [0.2, 0.25) is 0 Å². The largest absolute Gasteiger partial charge is 0.338 e. The number of hydrogen-bond acceptors (Lipinski definition) is 5. The van der Waals surface area contributed by atoms with Gasteiger partial charge in [-0.05, 0) is 24.8 Å². The highest BCUT2D eigenvalue weighted by Gasteiger charge is 2.30. The molecular weight excluding hydrogens is 264 g/mol. The van der Waals surface area contributed by atoms with E-state index in [9.17, 15) is 0 Å². The Hall–Kier alpha value is -2.27. The highest BCUT2D eigenvalue weighted by atomic mass is 16.5. The SMILES string of the molecule is CCC(C)(CN)c1nc(-c2nccc3ccccc23)no1. The zero-order chi connectivity index (χ0) is 14.9. The van der Waals surface area contributed by atoms with E-state index in [-0.39, 0.29) is 5.41 Å². The predicted octanol–water partition coefficient (Wildman–Crippen LogP) is 2.91. The number of rotatable bonds is 4. The molecule has 0 aliphatic heterocycles. The second kappa shape index (κ2) is 5.26. The van der Waals surface area contributed by atoms with Crippen LogP contribution in [-0.2, 0) is 5.41 Å². The first kappa shape index (κ1) is 13.7. The van der Waals surface area contributed by atoms with Crippen LogP contribution >= 0.6 is 0 Å². The van der Waals surface area contributed by atoms with Crippen molar-refractivity contribution >= 4 is 10.8 Å². The van der Waals surface area contributed by atoms with Crippen LogP contribution in [0.3, 0.4) is 0 Å². The molecule has 5 heteroatoms. The monoisotopic (exact) mass is 282 g/mol. The number of nitrogens with zero attached hydrogens (tertiary/aromatic N) is 3. The summed E-state index contributed by atoms with van der Waals surface area (Å²) in [6.07, 6.45) is 2.60. The van der Waals surface area contributed by atoms with Gasteiger partial charge in [-0.1, -0.05) is 36.3 Å². The maximum atomic E-state index is 5.84. The molecule has 0 saturated carbocycles. The van der Waals surface area contributed by atoms with Crippen molar-refractivity contribution in [2.75, 3.05) is 6.54 Å². The van der Waals surface area contributed by atoms with E-state index >= 15 is 0 Å². The molecule has 3 rings (SSSR count). The van der Waals surface area contributed by atoms with E-state index in [2.05, 4.69) is 22.0 Å². The van der Waals surface area contributed by atoms with Gasteiger partial charge in [0.2, 0.25) is 11.7 Å². The molecule has 2 N–H and O–H groups in total. The van der Waals surface area contributed by atoms with Crippen LogP contribution < -0.4 is 5.73 Å². The molecule has 0 aliphatic carbocycles. The van der Waals surface area contributed by atoms with E-state index in [4.69, 9.17) is 10.3 Å². The highest BCUT2D eigenvalue weighted by molar-refractivity contribution is 5.92. The Kier molecular flexibility index (Phi) is 3.43. The molecule has 0 saturated heterocycles. The lowest BCUT2D eigenvalue weighted by molar-refractivity contribution is 0.291. The molecule has 1 atom stereocenters. The van der Waals surface area contributed by atoms with Crippen LogP contribution in [-0.4, -0.2) is 21.7 Å². The lowest BCUT2D eigenvalue weighted by Gasteiger charge is -2.20. The van der Waals surface area contributed by atoms with Crippen LogP contribution in [0.5, 0.6) is 0 Å². The summed E-state index contributed by atoms with van der Waals surface area (Å²) in [5.41, 5.74) is 6.28. The van der Waals surface area contributed by atoms with Crippen LogP contribution in [0, 0.1) is 0 Å². The van der Waals surface area contributed by atoms with Gasteiger partial charge in [0.05, 0.1) is 5.41 Å². The van der Waals surface area contributed by atoms with E-state index < -0.39 is 0 Å². The van der Waals surface area contributed by atoms with Crippen molar-refractivity contribution in [3.05, 3.63) is 42.4 Å². The Morgan fingerprint density at radius 1 is 1.24 bits per heavy atom. The third-order valence-electron chi connectivity index (χ3n) is 4.06. The molecule has 2 aromatic heterocycles. The first-order valence-electron chi connectivity index (χ1n) is 7.06. The molecule has 0 amide bonds. The van der Waals surface area contributed by atoms with Gasteiger partial charge in [0, 0.05) is 18.1 Å². The summed E-state index contributed by atoms with van der Waals surface area (Å²) in [6, 6.07) is 9.99. The molecular formula is C16H18N4O. The fourth-order valence-corrected chi connectivity index (χ4v) is 2.25. The first-order valence-corrected chi connectivity index (χ1v) is 7.06. The first-order chi connectivity index (χ1) is 10.2. The molecule has 0 fully saturated rings. The fraction of sp³-hybridized carbons (Fsp3) is 0.312.